The Labute approximate surface area is 180 Å². The van der Waals surface area contributed by atoms with Gasteiger partial charge >= 0.3 is 6.03 Å². The number of anilines is 1. The fourth-order valence-electron chi connectivity index (χ4n) is 7.19. The van der Waals surface area contributed by atoms with Crippen LogP contribution in [0.4, 0.5) is 10.5 Å². The number of rotatable bonds is 5. The summed E-state index contributed by atoms with van der Waals surface area (Å²) >= 11 is 0. The minimum atomic E-state index is -0.144. The topological polar surface area (TPSA) is 61.4 Å². The van der Waals surface area contributed by atoms with Gasteiger partial charge in [-0.3, -0.25) is 4.79 Å². The van der Waals surface area contributed by atoms with Gasteiger partial charge in [0.05, 0.1) is 0 Å². The second-order valence-corrected chi connectivity index (χ2v) is 10.5. The van der Waals surface area contributed by atoms with Crippen molar-refractivity contribution in [2.24, 2.45) is 23.2 Å². The van der Waals surface area contributed by atoms with E-state index >= 15 is 0 Å². The lowest BCUT2D eigenvalue weighted by Gasteiger charge is -2.57. The number of amides is 3. The highest BCUT2D eigenvalue weighted by Gasteiger charge is 2.50. The van der Waals surface area contributed by atoms with Gasteiger partial charge in [-0.25, -0.2) is 4.79 Å². The van der Waals surface area contributed by atoms with Crippen LogP contribution in [-0.2, 0) is 0 Å². The number of hydrogen-bond donors (Lipinski definition) is 2. The lowest BCUT2D eigenvalue weighted by Crippen LogP contribution is -2.47. The van der Waals surface area contributed by atoms with E-state index in [1.807, 2.05) is 29.2 Å². The molecule has 5 heteroatoms. The maximum absolute atomic E-state index is 12.6. The Morgan fingerprint density at radius 3 is 2.10 bits per heavy atom. The Morgan fingerprint density at radius 2 is 1.50 bits per heavy atom. The number of hydrogen-bond acceptors (Lipinski definition) is 2. The van der Waals surface area contributed by atoms with Crippen LogP contribution in [0, 0.1) is 23.2 Å². The molecule has 0 atom stereocenters. The average Bonchev–Trinajstić information content (AvgIpc) is 2.73. The van der Waals surface area contributed by atoms with Crippen molar-refractivity contribution in [3.63, 3.8) is 0 Å². The first-order valence-electron chi connectivity index (χ1n) is 12.0. The van der Waals surface area contributed by atoms with Crippen molar-refractivity contribution < 1.29 is 9.59 Å². The average molecular weight is 410 g/mol. The first-order chi connectivity index (χ1) is 14.6. The van der Waals surface area contributed by atoms with Crippen LogP contribution in [0.15, 0.2) is 24.3 Å². The molecular weight excluding hydrogens is 374 g/mol. The summed E-state index contributed by atoms with van der Waals surface area (Å²) in [5, 5.41) is 5.99. The summed E-state index contributed by atoms with van der Waals surface area (Å²) in [6.45, 7) is 2.46. The van der Waals surface area contributed by atoms with Crippen LogP contribution in [0.5, 0.6) is 0 Å². The van der Waals surface area contributed by atoms with Crippen molar-refractivity contribution in [1.29, 1.82) is 0 Å². The number of urea groups is 1. The molecule has 5 nitrogen and oxygen atoms in total. The molecule has 4 aliphatic carbocycles. The Morgan fingerprint density at radius 1 is 0.900 bits per heavy atom. The predicted octanol–water partition coefficient (Wildman–Crippen LogP) is 5.04. The van der Waals surface area contributed by atoms with Crippen LogP contribution in [0.2, 0.25) is 0 Å². The molecule has 30 heavy (non-hydrogen) atoms. The maximum Gasteiger partial charge on any atom is 0.319 e. The zero-order valence-corrected chi connectivity index (χ0v) is 18.0. The van der Waals surface area contributed by atoms with E-state index in [0.29, 0.717) is 11.0 Å². The highest BCUT2D eigenvalue weighted by atomic mass is 16.2. The zero-order valence-electron chi connectivity index (χ0n) is 18.0. The molecule has 1 saturated heterocycles. The van der Waals surface area contributed by atoms with E-state index in [1.54, 1.807) is 0 Å². The molecule has 4 saturated carbocycles. The Kier molecular flexibility index (Phi) is 5.46. The van der Waals surface area contributed by atoms with E-state index in [0.717, 1.165) is 62.3 Å². The SMILES string of the molecule is O=C(NCCC12CC3CC(CC(C3)C1)C2)Nc1ccc(C(=O)N2CCCCC2)cc1. The van der Waals surface area contributed by atoms with Crippen molar-refractivity contribution in [2.45, 2.75) is 64.2 Å². The number of nitrogens with zero attached hydrogens (tertiary/aromatic N) is 1. The van der Waals surface area contributed by atoms with Gasteiger partial charge in [-0.2, -0.15) is 0 Å². The van der Waals surface area contributed by atoms with Crippen LogP contribution in [0.3, 0.4) is 0 Å². The van der Waals surface area contributed by atoms with Gasteiger partial charge < -0.3 is 15.5 Å². The standard InChI is InChI=1S/C25H35N3O2/c29-23(28-10-2-1-3-11-28)21-4-6-22(7-5-21)27-24(30)26-9-8-25-15-18-12-19(16-25)14-20(13-18)17-25/h4-7,18-20H,1-3,8-17H2,(H2,26,27,30). The summed E-state index contributed by atoms with van der Waals surface area (Å²) in [6.07, 6.45) is 13.1. The Balaban J connectivity index is 1.09. The second-order valence-electron chi connectivity index (χ2n) is 10.5. The third-order valence-electron chi connectivity index (χ3n) is 8.14. The third kappa shape index (κ3) is 4.21. The first-order valence-corrected chi connectivity index (χ1v) is 12.0. The smallest absolute Gasteiger partial charge is 0.319 e. The Hall–Kier alpha value is -2.04. The number of benzene rings is 1. The Bertz CT molecular complexity index is 747. The number of carbonyl (C=O) groups is 2. The summed E-state index contributed by atoms with van der Waals surface area (Å²) in [6, 6.07) is 7.16. The normalized spacial score (nSPS) is 32.1. The van der Waals surface area contributed by atoms with E-state index in [-0.39, 0.29) is 11.9 Å². The molecule has 5 aliphatic rings. The predicted molar refractivity (Wildman–Crippen MR) is 118 cm³/mol. The molecule has 1 aromatic carbocycles. The minimum Gasteiger partial charge on any atom is -0.339 e. The molecule has 0 radical (unpaired) electrons. The molecule has 5 fully saturated rings. The highest BCUT2D eigenvalue weighted by Crippen LogP contribution is 2.61. The fourth-order valence-corrected chi connectivity index (χ4v) is 7.19. The van der Waals surface area contributed by atoms with Crippen LogP contribution in [0.1, 0.15) is 74.6 Å². The van der Waals surface area contributed by atoms with Gasteiger partial charge in [0.2, 0.25) is 0 Å². The minimum absolute atomic E-state index is 0.0984. The van der Waals surface area contributed by atoms with E-state index in [9.17, 15) is 9.59 Å². The van der Waals surface area contributed by atoms with Crippen molar-refractivity contribution in [2.75, 3.05) is 25.0 Å². The largest absolute Gasteiger partial charge is 0.339 e. The van der Waals surface area contributed by atoms with Crippen LogP contribution < -0.4 is 10.6 Å². The molecule has 3 amide bonds. The van der Waals surface area contributed by atoms with E-state index in [4.69, 9.17) is 0 Å². The van der Waals surface area contributed by atoms with Crippen molar-refractivity contribution >= 4 is 17.6 Å². The van der Waals surface area contributed by atoms with Gasteiger partial charge in [0.1, 0.15) is 0 Å². The van der Waals surface area contributed by atoms with Gasteiger partial charge in [-0.1, -0.05) is 0 Å². The molecule has 1 aromatic rings. The van der Waals surface area contributed by atoms with Gasteiger partial charge in [-0.15, -0.1) is 0 Å². The number of carbonyl (C=O) groups excluding carboxylic acids is 2. The van der Waals surface area contributed by atoms with Crippen molar-refractivity contribution in [3.05, 3.63) is 29.8 Å². The van der Waals surface area contributed by atoms with E-state index in [1.165, 1.54) is 44.9 Å². The molecule has 162 valence electrons. The quantitative estimate of drug-likeness (QED) is 0.716. The number of piperidine rings is 1. The maximum atomic E-state index is 12.6. The molecule has 2 N–H and O–H groups in total. The monoisotopic (exact) mass is 409 g/mol. The lowest BCUT2D eigenvalue weighted by molar-refractivity contribution is -0.0563. The van der Waals surface area contributed by atoms with Crippen molar-refractivity contribution in [3.8, 4) is 0 Å². The molecule has 1 aliphatic heterocycles. The summed E-state index contributed by atoms with van der Waals surface area (Å²) in [5.41, 5.74) is 1.93. The number of likely N-dealkylation sites (tertiary alicyclic amines) is 1. The second kappa shape index (κ2) is 8.24. The van der Waals surface area contributed by atoms with E-state index in [2.05, 4.69) is 10.6 Å². The summed E-state index contributed by atoms with van der Waals surface area (Å²) in [7, 11) is 0. The molecule has 6 rings (SSSR count). The van der Waals surface area contributed by atoms with Crippen LogP contribution >= 0.6 is 0 Å². The molecule has 1 heterocycles. The summed E-state index contributed by atoms with van der Waals surface area (Å²) in [5.74, 6) is 2.96. The molecule has 0 aromatic heterocycles. The zero-order chi connectivity index (χ0) is 20.6. The lowest BCUT2D eigenvalue weighted by atomic mass is 9.49. The van der Waals surface area contributed by atoms with Crippen LogP contribution in [0.25, 0.3) is 0 Å². The van der Waals surface area contributed by atoms with Gasteiger partial charge in [0.15, 0.2) is 0 Å². The third-order valence-corrected chi connectivity index (χ3v) is 8.14. The fraction of sp³-hybridized carbons (Fsp3) is 0.680. The molecule has 0 unspecified atom stereocenters. The van der Waals surface area contributed by atoms with E-state index < -0.39 is 0 Å². The molecule has 0 spiro atoms. The summed E-state index contributed by atoms with van der Waals surface area (Å²) < 4.78 is 0. The molecular formula is C25H35N3O2. The first kappa shape index (κ1) is 19.9. The van der Waals surface area contributed by atoms with Gasteiger partial charge in [0.25, 0.3) is 5.91 Å². The van der Waals surface area contributed by atoms with Gasteiger partial charge in [-0.05, 0) is 112 Å². The summed E-state index contributed by atoms with van der Waals surface area (Å²) in [4.78, 5) is 26.9. The molecule has 4 bridgehead atoms. The van der Waals surface area contributed by atoms with Crippen LogP contribution in [-0.4, -0.2) is 36.5 Å². The van der Waals surface area contributed by atoms with Crippen molar-refractivity contribution in [1.82, 2.24) is 10.2 Å². The number of nitrogens with one attached hydrogen (secondary N) is 2. The van der Waals surface area contributed by atoms with Gasteiger partial charge in [0, 0.05) is 30.9 Å². The highest BCUT2D eigenvalue weighted by molar-refractivity contribution is 5.95.